The van der Waals surface area contributed by atoms with E-state index in [0.29, 0.717) is 6.42 Å². The number of H-pyrrole nitrogens is 1. The minimum Gasteiger partial charge on any atom is -0.361 e. The van der Waals surface area contributed by atoms with Gasteiger partial charge in [0.2, 0.25) is 11.8 Å². The topological polar surface area (TPSA) is 74.0 Å². The molecule has 0 aliphatic heterocycles. The van der Waals surface area contributed by atoms with Gasteiger partial charge in [-0.1, -0.05) is 39.0 Å². The second-order valence-corrected chi connectivity index (χ2v) is 6.37. The SMILES string of the molecule is CC(C)(C)CC(=O)NNC(=O)Cc1c[nH]c2ccccc12. The highest BCUT2D eigenvalue weighted by atomic mass is 16.2. The lowest BCUT2D eigenvalue weighted by Gasteiger charge is -2.17. The van der Waals surface area contributed by atoms with Crippen molar-refractivity contribution in [1.29, 1.82) is 0 Å². The number of benzene rings is 1. The van der Waals surface area contributed by atoms with Crippen molar-refractivity contribution in [3.8, 4) is 0 Å². The molecule has 2 amide bonds. The van der Waals surface area contributed by atoms with Crippen LogP contribution in [0, 0.1) is 5.41 Å². The van der Waals surface area contributed by atoms with Crippen LogP contribution in [0.5, 0.6) is 0 Å². The summed E-state index contributed by atoms with van der Waals surface area (Å²) >= 11 is 0. The first kappa shape index (κ1) is 15.1. The van der Waals surface area contributed by atoms with Crippen molar-refractivity contribution < 1.29 is 9.59 Å². The van der Waals surface area contributed by atoms with Gasteiger partial charge in [0.25, 0.3) is 0 Å². The van der Waals surface area contributed by atoms with Crippen LogP contribution in [0.25, 0.3) is 10.9 Å². The smallest absolute Gasteiger partial charge is 0.242 e. The molecule has 0 aliphatic rings. The molecule has 0 radical (unpaired) electrons. The Bertz CT molecular complexity index is 653. The maximum atomic E-state index is 11.9. The van der Waals surface area contributed by atoms with Crippen molar-refractivity contribution in [1.82, 2.24) is 15.8 Å². The first-order valence-corrected chi connectivity index (χ1v) is 6.98. The fraction of sp³-hybridized carbons (Fsp3) is 0.375. The summed E-state index contributed by atoms with van der Waals surface area (Å²) in [5.74, 6) is -0.420. The van der Waals surface area contributed by atoms with Crippen molar-refractivity contribution >= 4 is 22.7 Å². The fourth-order valence-corrected chi connectivity index (χ4v) is 2.16. The van der Waals surface area contributed by atoms with Gasteiger partial charge in [0, 0.05) is 23.5 Å². The first-order valence-electron chi connectivity index (χ1n) is 6.98. The summed E-state index contributed by atoms with van der Waals surface area (Å²) < 4.78 is 0. The number of carbonyl (C=O) groups is 2. The highest BCUT2D eigenvalue weighted by Gasteiger charge is 2.16. The van der Waals surface area contributed by atoms with Crippen LogP contribution in [-0.2, 0) is 16.0 Å². The second kappa shape index (κ2) is 5.99. The zero-order chi connectivity index (χ0) is 15.5. The van der Waals surface area contributed by atoms with Crippen LogP contribution in [0.4, 0.5) is 0 Å². The Balaban J connectivity index is 1.89. The summed E-state index contributed by atoms with van der Waals surface area (Å²) in [6, 6.07) is 7.80. The largest absolute Gasteiger partial charge is 0.361 e. The standard InChI is InChI=1S/C16H21N3O2/c1-16(2,3)9-15(21)19-18-14(20)8-11-10-17-13-7-5-4-6-12(11)13/h4-7,10,17H,8-9H2,1-3H3,(H,18,20)(H,19,21). The van der Waals surface area contributed by atoms with Crippen molar-refractivity contribution in [2.45, 2.75) is 33.6 Å². The number of hydrazine groups is 1. The van der Waals surface area contributed by atoms with Crippen LogP contribution in [0.15, 0.2) is 30.5 Å². The Morgan fingerprint density at radius 2 is 1.76 bits per heavy atom. The summed E-state index contributed by atoms with van der Waals surface area (Å²) in [6.07, 6.45) is 2.40. The molecule has 2 aromatic rings. The van der Waals surface area contributed by atoms with E-state index in [-0.39, 0.29) is 23.7 Å². The van der Waals surface area contributed by atoms with Crippen LogP contribution in [0.2, 0.25) is 0 Å². The number of amides is 2. The predicted molar refractivity (Wildman–Crippen MR) is 82.4 cm³/mol. The third-order valence-corrected chi connectivity index (χ3v) is 3.06. The van der Waals surface area contributed by atoms with E-state index in [1.54, 1.807) is 0 Å². The molecule has 0 saturated heterocycles. The molecule has 3 N–H and O–H groups in total. The summed E-state index contributed by atoms with van der Waals surface area (Å²) in [4.78, 5) is 26.7. The number of nitrogens with one attached hydrogen (secondary N) is 3. The lowest BCUT2D eigenvalue weighted by Crippen LogP contribution is -2.43. The number of hydrogen-bond acceptors (Lipinski definition) is 2. The van der Waals surface area contributed by atoms with Crippen molar-refractivity contribution in [2.24, 2.45) is 5.41 Å². The second-order valence-electron chi connectivity index (χ2n) is 6.37. The molecule has 0 saturated carbocycles. The Morgan fingerprint density at radius 3 is 2.48 bits per heavy atom. The van der Waals surface area contributed by atoms with E-state index in [9.17, 15) is 9.59 Å². The Kier molecular flexibility index (Phi) is 4.31. The van der Waals surface area contributed by atoms with E-state index in [1.165, 1.54) is 0 Å². The number of carbonyl (C=O) groups excluding carboxylic acids is 2. The van der Waals surface area contributed by atoms with Gasteiger partial charge in [-0.3, -0.25) is 20.4 Å². The normalized spacial score (nSPS) is 11.4. The molecule has 0 atom stereocenters. The highest BCUT2D eigenvalue weighted by molar-refractivity contribution is 5.89. The Morgan fingerprint density at radius 1 is 1.10 bits per heavy atom. The predicted octanol–water partition coefficient (Wildman–Crippen LogP) is 2.29. The maximum absolute atomic E-state index is 11.9. The van der Waals surface area contributed by atoms with Crippen LogP contribution in [0.1, 0.15) is 32.8 Å². The van der Waals surface area contributed by atoms with Crippen LogP contribution in [0.3, 0.4) is 0 Å². The van der Waals surface area contributed by atoms with E-state index >= 15 is 0 Å². The summed E-state index contributed by atoms with van der Waals surface area (Å²) in [7, 11) is 0. The first-order chi connectivity index (χ1) is 9.85. The number of rotatable bonds is 3. The van der Waals surface area contributed by atoms with Gasteiger partial charge < -0.3 is 4.98 Å². The van der Waals surface area contributed by atoms with Gasteiger partial charge >= 0.3 is 0 Å². The van der Waals surface area contributed by atoms with Gasteiger partial charge in [-0.15, -0.1) is 0 Å². The number of aromatic amines is 1. The van der Waals surface area contributed by atoms with Gasteiger partial charge in [0.15, 0.2) is 0 Å². The quantitative estimate of drug-likeness (QED) is 0.758. The molecule has 2 rings (SSSR count). The van der Waals surface area contributed by atoms with E-state index in [4.69, 9.17) is 0 Å². The maximum Gasteiger partial charge on any atom is 0.242 e. The molecule has 0 unspecified atom stereocenters. The average molecular weight is 287 g/mol. The highest BCUT2D eigenvalue weighted by Crippen LogP contribution is 2.18. The van der Waals surface area contributed by atoms with E-state index in [1.807, 2.05) is 51.2 Å². The average Bonchev–Trinajstić information content (AvgIpc) is 2.78. The van der Waals surface area contributed by atoms with Gasteiger partial charge in [-0.05, 0) is 17.0 Å². The molecular weight excluding hydrogens is 266 g/mol. The van der Waals surface area contributed by atoms with Crippen LogP contribution in [-0.4, -0.2) is 16.8 Å². The van der Waals surface area contributed by atoms with Gasteiger partial charge in [-0.25, -0.2) is 0 Å². The monoisotopic (exact) mass is 287 g/mol. The molecule has 1 aromatic carbocycles. The van der Waals surface area contributed by atoms with Crippen LogP contribution >= 0.6 is 0 Å². The molecule has 0 fully saturated rings. The fourth-order valence-electron chi connectivity index (χ4n) is 2.16. The molecule has 0 spiro atoms. The Labute approximate surface area is 124 Å². The summed E-state index contributed by atoms with van der Waals surface area (Å²) in [5.41, 5.74) is 6.71. The minimum absolute atomic E-state index is 0.106. The lowest BCUT2D eigenvalue weighted by molar-refractivity contribution is -0.129. The molecule has 1 heterocycles. The Hall–Kier alpha value is -2.30. The molecule has 0 aliphatic carbocycles. The number of aromatic nitrogens is 1. The van der Waals surface area contributed by atoms with Gasteiger partial charge in [0.05, 0.1) is 6.42 Å². The molecular formula is C16H21N3O2. The van der Waals surface area contributed by atoms with Crippen molar-refractivity contribution in [2.75, 3.05) is 0 Å². The molecule has 21 heavy (non-hydrogen) atoms. The molecule has 112 valence electrons. The van der Waals surface area contributed by atoms with E-state index in [0.717, 1.165) is 16.5 Å². The molecule has 1 aromatic heterocycles. The van der Waals surface area contributed by atoms with Crippen molar-refractivity contribution in [3.63, 3.8) is 0 Å². The molecule has 5 heteroatoms. The molecule has 5 nitrogen and oxygen atoms in total. The number of para-hydroxylation sites is 1. The number of fused-ring (bicyclic) bond motifs is 1. The summed E-state index contributed by atoms with van der Waals surface area (Å²) in [6.45, 7) is 5.92. The van der Waals surface area contributed by atoms with Gasteiger partial charge in [-0.2, -0.15) is 0 Å². The number of hydrogen-bond donors (Lipinski definition) is 3. The van der Waals surface area contributed by atoms with Crippen LogP contribution < -0.4 is 10.9 Å². The van der Waals surface area contributed by atoms with E-state index < -0.39 is 0 Å². The van der Waals surface area contributed by atoms with Crippen molar-refractivity contribution in [3.05, 3.63) is 36.0 Å². The lowest BCUT2D eigenvalue weighted by atomic mass is 9.92. The third-order valence-electron chi connectivity index (χ3n) is 3.06. The molecule has 0 bridgehead atoms. The zero-order valence-electron chi connectivity index (χ0n) is 12.6. The third kappa shape index (κ3) is 4.34. The van der Waals surface area contributed by atoms with Gasteiger partial charge in [0.1, 0.15) is 0 Å². The zero-order valence-corrected chi connectivity index (χ0v) is 12.6. The summed E-state index contributed by atoms with van der Waals surface area (Å²) in [5, 5.41) is 1.02. The minimum atomic E-state index is -0.234. The van der Waals surface area contributed by atoms with E-state index in [2.05, 4.69) is 15.8 Å².